The highest BCUT2D eigenvalue weighted by Gasteiger charge is 2.43. The fourth-order valence-electron chi connectivity index (χ4n) is 4.25. The van der Waals surface area contributed by atoms with Gasteiger partial charge in [-0.2, -0.15) is 13.2 Å². The number of alkyl halides is 4. The van der Waals surface area contributed by atoms with Crippen LogP contribution in [0, 0.1) is 0 Å². The number of carbonyl (C=O) groups excluding carboxylic acids is 1. The Hall–Kier alpha value is -3.82. The Morgan fingerprint density at radius 3 is 2.56 bits per heavy atom. The van der Waals surface area contributed by atoms with Crippen molar-refractivity contribution in [2.24, 2.45) is 0 Å². The summed E-state index contributed by atoms with van der Waals surface area (Å²) in [4.78, 5) is 34.2. The zero-order valence-electron chi connectivity index (χ0n) is 20.9. The Bertz CT molecular complexity index is 1600. The average Bonchev–Trinajstić information content (AvgIpc) is 3.64. The first-order valence-electron chi connectivity index (χ1n) is 12.2. The van der Waals surface area contributed by atoms with E-state index in [1.54, 1.807) is 12.1 Å². The molecule has 0 spiro atoms. The molecule has 4 aromatic rings. The fraction of sp³-hybridized carbons (Fsp3) is 0.333. The van der Waals surface area contributed by atoms with Crippen molar-refractivity contribution in [2.45, 2.75) is 43.9 Å². The largest absolute Gasteiger partial charge is 0.410 e. The molecule has 1 saturated heterocycles. The minimum atomic E-state index is -4.94. The molecule has 11 nitrogen and oxygen atoms in total. The van der Waals surface area contributed by atoms with E-state index < -0.39 is 42.6 Å². The quantitative estimate of drug-likeness (QED) is 0.293. The molecule has 1 aromatic carbocycles. The van der Waals surface area contributed by atoms with Crippen molar-refractivity contribution in [1.82, 2.24) is 44.7 Å². The van der Waals surface area contributed by atoms with Gasteiger partial charge in [0, 0.05) is 29.7 Å². The molecule has 5 rings (SSSR count). The van der Waals surface area contributed by atoms with Gasteiger partial charge in [-0.25, -0.2) is 28.5 Å². The number of hydrogen-bond acceptors (Lipinski definition) is 7. The van der Waals surface area contributed by atoms with Gasteiger partial charge in [0.25, 0.3) is 0 Å². The minimum absolute atomic E-state index is 0.106. The molecular weight excluding hydrogens is 593 g/mol. The molecule has 0 saturated carbocycles. The van der Waals surface area contributed by atoms with E-state index in [9.17, 15) is 27.2 Å². The van der Waals surface area contributed by atoms with Crippen LogP contribution in [0.4, 0.5) is 17.6 Å². The highest BCUT2D eigenvalue weighted by atomic mass is 35.5. The first-order chi connectivity index (χ1) is 19.5. The Kier molecular flexibility index (Phi) is 8.11. The van der Waals surface area contributed by atoms with Gasteiger partial charge in [0.2, 0.25) is 5.91 Å². The third-order valence-corrected chi connectivity index (χ3v) is 6.83. The summed E-state index contributed by atoms with van der Waals surface area (Å²) < 4.78 is 58.8. The van der Waals surface area contributed by atoms with Crippen LogP contribution in [0.2, 0.25) is 10.0 Å². The summed E-state index contributed by atoms with van der Waals surface area (Å²) in [6.07, 6.45) is -3.72. The number of rotatable bonds is 8. The molecule has 0 aliphatic carbocycles. The second-order valence-corrected chi connectivity index (χ2v) is 10.0. The maximum Gasteiger partial charge on any atom is 0.410 e. The lowest BCUT2D eigenvalue weighted by Gasteiger charge is -2.24. The number of hydrogen-bond donors (Lipinski definition) is 2. The summed E-state index contributed by atoms with van der Waals surface area (Å²) in [6.45, 7) is -1.43. The van der Waals surface area contributed by atoms with E-state index in [0.29, 0.717) is 15.6 Å². The van der Waals surface area contributed by atoms with Crippen molar-refractivity contribution in [3.8, 4) is 17.2 Å². The summed E-state index contributed by atoms with van der Waals surface area (Å²) in [5.41, 5.74) is -0.609. The van der Waals surface area contributed by atoms with Crippen molar-refractivity contribution in [3.63, 3.8) is 0 Å². The second kappa shape index (κ2) is 11.6. The average molecular weight is 614 g/mol. The van der Waals surface area contributed by atoms with Gasteiger partial charge in [0.05, 0.1) is 17.6 Å². The van der Waals surface area contributed by atoms with Gasteiger partial charge in [-0.05, 0) is 36.4 Å². The lowest BCUT2D eigenvalue weighted by atomic mass is 10.1. The van der Waals surface area contributed by atoms with Crippen LogP contribution in [0.25, 0.3) is 17.2 Å². The minimum Gasteiger partial charge on any atom is -0.342 e. The topological polar surface area (TPSA) is 125 Å². The second-order valence-electron chi connectivity index (χ2n) is 9.19. The third kappa shape index (κ3) is 6.41. The maximum atomic E-state index is 14.1. The van der Waals surface area contributed by atoms with Crippen LogP contribution < -0.4 is 16.3 Å². The van der Waals surface area contributed by atoms with Gasteiger partial charge in [-0.15, -0.1) is 10.2 Å². The molecule has 0 radical (unpaired) electrons. The molecule has 1 amide bonds. The number of carbonyl (C=O) groups is 1. The number of amides is 1. The highest BCUT2D eigenvalue weighted by Crippen LogP contribution is 2.25. The molecule has 3 aromatic heterocycles. The molecular formula is C24H21Cl2F4N9O2. The van der Waals surface area contributed by atoms with Gasteiger partial charge in [-0.3, -0.25) is 9.36 Å². The van der Waals surface area contributed by atoms with E-state index in [-0.39, 0.29) is 37.0 Å². The number of aromatic nitrogens is 7. The molecule has 17 heteroatoms. The van der Waals surface area contributed by atoms with Crippen LogP contribution >= 0.6 is 23.2 Å². The normalized spacial score (nSPS) is 18.0. The van der Waals surface area contributed by atoms with Crippen LogP contribution in [0.5, 0.6) is 0 Å². The van der Waals surface area contributed by atoms with E-state index >= 15 is 0 Å². The molecule has 2 N–H and O–H groups in total. The lowest BCUT2D eigenvalue weighted by Crippen LogP contribution is -2.53. The number of benzene rings is 1. The van der Waals surface area contributed by atoms with Crippen LogP contribution in [-0.4, -0.2) is 71.0 Å². The Balaban J connectivity index is 1.47. The van der Waals surface area contributed by atoms with Crippen molar-refractivity contribution in [3.05, 3.63) is 75.3 Å². The van der Waals surface area contributed by atoms with Gasteiger partial charge < -0.3 is 10.6 Å². The number of halogens is 6. The molecule has 1 fully saturated rings. The number of nitrogens with one attached hydrogen (secondary N) is 2. The van der Waals surface area contributed by atoms with Gasteiger partial charge in [0.15, 0.2) is 17.5 Å². The summed E-state index contributed by atoms with van der Waals surface area (Å²) in [5.74, 6) is -0.740. The third-order valence-electron chi connectivity index (χ3n) is 6.28. The van der Waals surface area contributed by atoms with Crippen LogP contribution in [0.3, 0.4) is 0 Å². The van der Waals surface area contributed by atoms with E-state index in [4.69, 9.17) is 23.2 Å². The summed E-state index contributed by atoms with van der Waals surface area (Å²) in [7, 11) is 0. The van der Waals surface area contributed by atoms with Crippen LogP contribution in [0.1, 0.15) is 12.2 Å². The van der Waals surface area contributed by atoms with Crippen LogP contribution in [0.15, 0.2) is 53.7 Å². The Morgan fingerprint density at radius 2 is 1.90 bits per heavy atom. The Morgan fingerprint density at radius 1 is 1.15 bits per heavy atom. The predicted molar refractivity (Wildman–Crippen MR) is 139 cm³/mol. The van der Waals surface area contributed by atoms with E-state index in [2.05, 4.69) is 25.5 Å². The zero-order chi connectivity index (χ0) is 29.3. The fourth-order valence-corrected chi connectivity index (χ4v) is 4.59. The smallest absolute Gasteiger partial charge is 0.342 e. The van der Waals surface area contributed by atoms with E-state index in [0.717, 1.165) is 9.25 Å². The van der Waals surface area contributed by atoms with Gasteiger partial charge in [0.1, 0.15) is 25.1 Å². The maximum absolute atomic E-state index is 14.1. The summed E-state index contributed by atoms with van der Waals surface area (Å²) >= 11 is 12.1. The highest BCUT2D eigenvalue weighted by molar-refractivity contribution is 6.32. The van der Waals surface area contributed by atoms with Crippen molar-refractivity contribution < 1.29 is 22.4 Å². The number of pyridine rings is 1. The molecule has 3 atom stereocenters. The molecule has 41 heavy (non-hydrogen) atoms. The Labute approximate surface area is 239 Å². The van der Waals surface area contributed by atoms with Crippen molar-refractivity contribution in [2.75, 3.05) is 6.54 Å². The molecule has 1 aliphatic heterocycles. The predicted octanol–water partition coefficient (Wildman–Crippen LogP) is 2.79. The van der Waals surface area contributed by atoms with E-state index in [1.165, 1.54) is 41.5 Å². The van der Waals surface area contributed by atoms with Crippen molar-refractivity contribution in [1.29, 1.82) is 0 Å². The van der Waals surface area contributed by atoms with Gasteiger partial charge >= 0.3 is 11.9 Å². The monoisotopic (exact) mass is 613 g/mol. The summed E-state index contributed by atoms with van der Waals surface area (Å²) in [6, 6.07) is 5.61. The standard InChI is InChI=1S/C24H21Cl2F4N9O2/c25-14-5-3-13(4-6-14)20-36-38(11-19-33-12-39(35-19)21-16(26)2-1-7-31-21)23(41)37(20)10-18(24(28,29)30)34-22(40)17-8-15(27)9-32-17/h1-7,12,15,17-18,32H,8-11H2,(H,34,40)/t15?,17-,18?/m0/s1. The molecule has 216 valence electrons. The van der Waals surface area contributed by atoms with Gasteiger partial charge in [-0.1, -0.05) is 23.2 Å². The molecule has 1 aliphatic rings. The lowest BCUT2D eigenvalue weighted by molar-refractivity contribution is -0.164. The number of nitrogens with zero attached hydrogens (tertiary/aromatic N) is 7. The first-order valence-corrected chi connectivity index (χ1v) is 12.9. The molecule has 2 unspecified atom stereocenters. The molecule has 0 bridgehead atoms. The van der Waals surface area contributed by atoms with E-state index in [1.807, 2.05) is 5.32 Å². The SMILES string of the molecule is O=C(NC(Cn1c(-c2ccc(Cl)cc2)nn(Cc2ncn(-c3ncccc3Cl)n2)c1=O)C(F)(F)F)[C@@H]1CC(F)CN1. The van der Waals surface area contributed by atoms with Crippen LogP contribution in [-0.2, 0) is 17.9 Å². The first kappa shape index (κ1) is 28.7. The molecule has 4 heterocycles. The van der Waals surface area contributed by atoms with Crippen molar-refractivity contribution >= 4 is 29.1 Å². The zero-order valence-corrected chi connectivity index (χ0v) is 22.4. The summed E-state index contributed by atoms with van der Waals surface area (Å²) in [5, 5.41) is 13.6.